The first-order valence-corrected chi connectivity index (χ1v) is 18.7. The third kappa shape index (κ3) is 3.95. The molecule has 0 N–H and O–H groups in total. The molecule has 1 heteroatoms. The molecule has 208 valence electrons. The van der Waals surface area contributed by atoms with Crippen LogP contribution in [0.1, 0.15) is 55.6 Å². The van der Waals surface area contributed by atoms with Crippen molar-refractivity contribution in [3.63, 3.8) is 0 Å². The first-order chi connectivity index (χ1) is 20.9. The summed E-state index contributed by atoms with van der Waals surface area (Å²) in [6.45, 7) is 9.92. The third-order valence-electron chi connectivity index (χ3n) is 10.2. The summed E-state index contributed by atoms with van der Waals surface area (Å²) in [5.74, 6) is 0. The topological polar surface area (TPSA) is 0 Å². The molecule has 2 unspecified atom stereocenters. The maximum Gasteiger partial charge on any atom is 0.0731 e. The molecule has 6 aromatic carbocycles. The second kappa shape index (κ2) is 9.79. The Hall–Kier alpha value is -4.46. The molecule has 0 aromatic heterocycles. The molecular weight excluding hydrogens is 533 g/mol. The monoisotopic (exact) mass is 568 g/mol. The average molecular weight is 569 g/mol. The maximum atomic E-state index is 2.66. The van der Waals surface area contributed by atoms with Crippen molar-refractivity contribution >= 4 is 52.9 Å². The number of fused-ring (bicyclic) bond motifs is 4. The van der Waals surface area contributed by atoms with Gasteiger partial charge in [0.25, 0.3) is 0 Å². The molecule has 0 nitrogen and oxygen atoms in total. The predicted octanol–water partition coefficient (Wildman–Crippen LogP) is 11.4. The van der Waals surface area contributed by atoms with E-state index in [0.29, 0.717) is 11.1 Å². The van der Waals surface area contributed by atoms with E-state index in [4.69, 9.17) is 0 Å². The maximum absolute atomic E-state index is 2.66. The highest BCUT2D eigenvalue weighted by Gasteiger charge is 2.49. The summed E-state index contributed by atoms with van der Waals surface area (Å²) < 4.78 is 0. The number of rotatable bonds is 4. The van der Waals surface area contributed by atoms with Gasteiger partial charge in [-0.25, -0.2) is 0 Å². The normalized spacial score (nSPS) is 17.6. The van der Waals surface area contributed by atoms with Crippen LogP contribution in [-0.4, -0.2) is 8.07 Å². The number of hydrogen-bond acceptors (Lipinski definition) is 0. The number of allylic oxidation sites excluding steroid dienone is 2. The molecule has 0 amide bonds. The lowest BCUT2D eigenvalue weighted by atomic mass is 9.92. The van der Waals surface area contributed by atoms with E-state index in [-0.39, 0.29) is 0 Å². The highest BCUT2D eigenvalue weighted by Crippen LogP contribution is 2.58. The second-order valence-corrected chi connectivity index (χ2v) is 17.9. The van der Waals surface area contributed by atoms with Crippen LogP contribution in [0.2, 0.25) is 13.1 Å². The van der Waals surface area contributed by atoms with Gasteiger partial charge in [0.2, 0.25) is 0 Å². The highest BCUT2D eigenvalue weighted by molar-refractivity contribution is 6.84. The van der Waals surface area contributed by atoms with Crippen LogP contribution in [0, 0.1) is 13.8 Å². The molecule has 0 aliphatic heterocycles. The quantitative estimate of drug-likeness (QED) is 0.186. The van der Waals surface area contributed by atoms with E-state index in [2.05, 4.69) is 160 Å². The van der Waals surface area contributed by atoms with Crippen molar-refractivity contribution in [1.82, 2.24) is 0 Å². The Balaban J connectivity index is 1.38. The zero-order valence-electron chi connectivity index (χ0n) is 25.4. The van der Waals surface area contributed by atoms with Gasteiger partial charge in [-0.3, -0.25) is 0 Å². The van der Waals surface area contributed by atoms with E-state index < -0.39 is 8.07 Å². The Kier molecular flexibility index (Phi) is 5.96. The Morgan fingerprint density at radius 3 is 1.30 bits per heavy atom. The van der Waals surface area contributed by atoms with Gasteiger partial charge in [-0.05, 0) is 91.0 Å². The van der Waals surface area contributed by atoms with Gasteiger partial charge < -0.3 is 0 Å². The summed E-state index contributed by atoms with van der Waals surface area (Å²) in [5.41, 5.74) is 15.1. The van der Waals surface area contributed by atoms with Crippen LogP contribution < -0.4 is 0 Å². The van der Waals surface area contributed by atoms with Crippen molar-refractivity contribution in [1.29, 1.82) is 0 Å². The fraction of sp³-hybridized carbons (Fsp3) is 0.143. The van der Waals surface area contributed by atoms with E-state index in [9.17, 15) is 0 Å². The van der Waals surface area contributed by atoms with Gasteiger partial charge in [-0.1, -0.05) is 147 Å². The summed E-state index contributed by atoms with van der Waals surface area (Å²) >= 11 is 0. The van der Waals surface area contributed by atoms with Gasteiger partial charge in [0.1, 0.15) is 0 Å². The Morgan fingerprint density at radius 2 is 0.837 bits per heavy atom. The Bertz CT molecular complexity index is 1990. The lowest BCUT2D eigenvalue weighted by Crippen LogP contribution is -2.42. The van der Waals surface area contributed by atoms with E-state index in [1.54, 1.807) is 0 Å². The van der Waals surface area contributed by atoms with Crippen LogP contribution in [0.4, 0.5) is 0 Å². The summed E-state index contributed by atoms with van der Waals surface area (Å²) in [6.07, 6.45) is 5.05. The molecule has 2 aliphatic rings. The van der Waals surface area contributed by atoms with Crippen LogP contribution in [0.25, 0.3) is 44.8 Å². The van der Waals surface area contributed by atoms with Crippen LogP contribution in [0.15, 0.2) is 121 Å². The summed E-state index contributed by atoms with van der Waals surface area (Å²) in [4.78, 5) is 0. The van der Waals surface area contributed by atoms with Gasteiger partial charge in [0.05, 0.1) is 8.07 Å². The zero-order valence-corrected chi connectivity index (χ0v) is 26.4. The number of aryl methyl sites for hydroxylation is 2. The highest BCUT2D eigenvalue weighted by atomic mass is 28.3. The molecule has 0 saturated heterocycles. The second-order valence-electron chi connectivity index (χ2n) is 13.1. The molecule has 43 heavy (non-hydrogen) atoms. The molecular formula is C42H36Si. The van der Waals surface area contributed by atoms with E-state index >= 15 is 0 Å². The first kappa shape index (κ1) is 26.2. The van der Waals surface area contributed by atoms with Crippen molar-refractivity contribution in [2.24, 2.45) is 0 Å². The van der Waals surface area contributed by atoms with Gasteiger partial charge in [-0.2, -0.15) is 0 Å². The molecule has 2 aliphatic carbocycles. The van der Waals surface area contributed by atoms with Crippen molar-refractivity contribution < 1.29 is 0 Å². The first-order valence-electron chi connectivity index (χ1n) is 15.5. The smallest absolute Gasteiger partial charge is 0.0679 e. The molecule has 0 bridgehead atoms. The van der Waals surface area contributed by atoms with Crippen LogP contribution in [-0.2, 0) is 0 Å². The van der Waals surface area contributed by atoms with Crippen molar-refractivity contribution in [3.8, 4) is 0 Å². The van der Waals surface area contributed by atoms with Crippen LogP contribution in [0.3, 0.4) is 0 Å². The molecule has 0 saturated carbocycles. The summed E-state index contributed by atoms with van der Waals surface area (Å²) in [7, 11) is -2.19. The fourth-order valence-electron chi connectivity index (χ4n) is 8.38. The average Bonchev–Trinajstić information content (AvgIpc) is 3.60. The molecule has 6 aromatic rings. The number of hydrogen-bond donors (Lipinski definition) is 0. The SMILES string of the molecule is Cc1ccc2ccccc2c1C1=Cc2ccccc2C1[Si](C)(C)C1C(c2c(C)ccc3ccccc23)=Cc2ccccc21. The fourth-order valence-corrected chi connectivity index (χ4v) is 12.9. The lowest BCUT2D eigenvalue weighted by molar-refractivity contribution is 1.06. The van der Waals surface area contributed by atoms with E-state index in [1.165, 1.54) is 77.2 Å². The minimum Gasteiger partial charge on any atom is -0.0679 e. The third-order valence-corrected chi connectivity index (χ3v) is 14.4. The van der Waals surface area contributed by atoms with Crippen molar-refractivity contribution in [2.45, 2.75) is 38.0 Å². The molecule has 0 radical (unpaired) electrons. The Morgan fingerprint density at radius 1 is 0.442 bits per heavy atom. The van der Waals surface area contributed by atoms with Gasteiger partial charge in [0, 0.05) is 11.1 Å². The predicted molar refractivity (Wildman–Crippen MR) is 189 cm³/mol. The zero-order chi connectivity index (χ0) is 29.3. The standard InChI is InChI=1S/C42H36Si/c1-27-21-23-29-13-5-9-17-33(29)39(27)37-25-31-15-7-11-19-35(31)41(37)43(3,4)42-36-20-12-8-16-32(36)26-38(42)40-28(2)22-24-30-14-6-10-18-34(30)40/h5-26,41-42H,1-4H3. The molecule has 0 heterocycles. The minimum atomic E-state index is -2.19. The van der Waals surface area contributed by atoms with Gasteiger partial charge >= 0.3 is 0 Å². The molecule has 0 fully saturated rings. The van der Waals surface area contributed by atoms with E-state index in [1.807, 2.05) is 0 Å². The number of benzene rings is 6. The van der Waals surface area contributed by atoms with Crippen LogP contribution in [0.5, 0.6) is 0 Å². The van der Waals surface area contributed by atoms with E-state index in [0.717, 1.165) is 0 Å². The minimum absolute atomic E-state index is 0.364. The molecule has 0 spiro atoms. The van der Waals surface area contributed by atoms with Crippen LogP contribution >= 0.6 is 0 Å². The van der Waals surface area contributed by atoms with Gasteiger partial charge in [0.15, 0.2) is 0 Å². The summed E-state index contributed by atoms with van der Waals surface area (Å²) in [5, 5.41) is 5.36. The molecule has 8 rings (SSSR count). The summed E-state index contributed by atoms with van der Waals surface area (Å²) in [6, 6.07) is 45.5. The van der Waals surface area contributed by atoms with Crippen molar-refractivity contribution in [3.05, 3.63) is 166 Å². The van der Waals surface area contributed by atoms with Gasteiger partial charge in [-0.15, -0.1) is 0 Å². The molecule has 2 atom stereocenters. The largest absolute Gasteiger partial charge is 0.0731 e. The Labute approximate surface area is 256 Å². The van der Waals surface area contributed by atoms with Crippen molar-refractivity contribution in [2.75, 3.05) is 0 Å². The lowest BCUT2D eigenvalue weighted by Gasteiger charge is -2.41.